The Morgan fingerprint density at radius 2 is 1.74 bits per heavy atom. The third-order valence-electron chi connectivity index (χ3n) is 6.07. The van der Waals surface area contributed by atoms with E-state index in [1.54, 1.807) is 12.1 Å². The molecule has 1 aliphatic heterocycles. The molecular formula is C26H29FN4O2S. The van der Waals surface area contributed by atoms with Crippen LogP contribution in [0.1, 0.15) is 28.7 Å². The Morgan fingerprint density at radius 3 is 2.38 bits per heavy atom. The van der Waals surface area contributed by atoms with Crippen LogP contribution in [0.25, 0.3) is 0 Å². The number of rotatable bonds is 7. The number of halogens is 1. The molecule has 3 aromatic carbocycles. The third-order valence-corrected chi connectivity index (χ3v) is 7.90. The van der Waals surface area contributed by atoms with Crippen LogP contribution in [0.15, 0.2) is 59.5 Å². The Morgan fingerprint density at radius 1 is 1.06 bits per heavy atom. The van der Waals surface area contributed by atoms with Crippen LogP contribution in [0.3, 0.4) is 0 Å². The zero-order valence-corrected chi connectivity index (χ0v) is 20.3. The van der Waals surface area contributed by atoms with Gasteiger partial charge in [0, 0.05) is 48.0 Å². The van der Waals surface area contributed by atoms with Gasteiger partial charge in [-0.1, -0.05) is 23.8 Å². The monoisotopic (exact) mass is 480 g/mol. The summed E-state index contributed by atoms with van der Waals surface area (Å²) in [6.45, 7) is 6.78. The van der Waals surface area contributed by atoms with E-state index in [0.29, 0.717) is 30.0 Å². The lowest BCUT2D eigenvalue weighted by molar-refractivity contribution is 0.560. The molecule has 0 saturated carbocycles. The van der Waals surface area contributed by atoms with Crippen LogP contribution in [0, 0.1) is 32.0 Å². The summed E-state index contributed by atoms with van der Waals surface area (Å²) in [5.74, 6) is -0.312. The molecule has 0 amide bonds. The van der Waals surface area contributed by atoms with E-state index in [4.69, 9.17) is 5.41 Å². The zero-order valence-electron chi connectivity index (χ0n) is 19.5. The molecule has 0 aliphatic carbocycles. The molecule has 1 saturated heterocycles. The fourth-order valence-corrected chi connectivity index (χ4v) is 6.44. The van der Waals surface area contributed by atoms with Gasteiger partial charge in [0.25, 0.3) is 0 Å². The first-order valence-corrected chi connectivity index (χ1v) is 12.7. The smallest absolute Gasteiger partial charge is 0.241 e. The number of hydrogen-bond acceptors (Lipinski definition) is 5. The van der Waals surface area contributed by atoms with Crippen LogP contribution < -0.4 is 14.9 Å². The van der Waals surface area contributed by atoms with E-state index in [-0.39, 0.29) is 11.9 Å². The highest BCUT2D eigenvalue weighted by Gasteiger charge is 2.30. The van der Waals surface area contributed by atoms with Crippen molar-refractivity contribution in [3.63, 3.8) is 0 Å². The Hall–Kier alpha value is -3.23. The summed E-state index contributed by atoms with van der Waals surface area (Å²) in [6, 6.07) is 15.3. The summed E-state index contributed by atoms with van der Waals surface area (Å²) < 4.78 is 42.5. The molecule has 4 rings (SSSR count). The Labute approximate surface area is 200 Å². The van der Waals surface area contributed by atoms with Crippen molar-refractivity contribution in [1.29, 1.82) is 5.41 Å². The third kappa shape index (κ3) is 4.98. The van der Waals surface area contributed by atoms with Gasteiger partial charge in [-0.25, -0.2) is 17.5 Å². The minimum absolute atomic E-state index is 0.239. The molecular weight excluding hydrogens is 451 g/mol. The molecule has 3 N–H and O–H groups in total. The zero-order chi connectivity index (χ0) is 24.5. The first-order valence-electron chi connectivity index (χ1n) is 11.2. The second-order valence-corrected chi connectivity index (χ2v) is 10.4. The van der Waals surface area contributed by atoms with Crippen molar-refractivity contribution in [2.24, 2.45) is 0 Å². The van der Waals surface area contributed by atoms with E-state index in [9.17, 15) is 12.8 Å². The molecule has 1 unspecified atom stereocenters. The molecule has 1 fully saturated rings. The molecule has 1 heterocycles. The van der Waals surface area contributed by atoms with Crippen molar-refractivity contribution in [1.82, 2.24) is 4.72 Å². The summed E-state index contributed by atoms with van der Waals surface area (Å²) in [4.78, 5) is 2.44. The van der Waals surface area contributed by atoms with E-state index in [1.165, 1.54) is 18.3 Å². The van der Waals surface area contributed by atoms with Crippen LogP contribution in [0.2, 0.25) is 0 Å². The Bertz CT molecular complexity index is 1300. The molecule has 0 spiro atoms. The number of benzene rings is 3. The summed E-state index contributed by atoms with van der Waals surface area (Å²) in [7, 11) is -3.66. The first kappa shape index (κ1) is 23.9. The first-order chi connectivity index (χ1) is 16.2. The van der Waals surface area contributed by atoms with Gasteiger partial charge < -0.3 is 15.6 Å². The molecule has 1 atom stereocenters. The quantitative estimate of drug-likeness (QED) is 0.413. The Kier molecular flexibility index (Phi) is 6.72. The topological polar surface area (TPSA) is 85.3 Å². The van der Waals surface area contributed by atoms with Crippen LogP contribution in [-0.2, 0) is 10.0 Å². The number of nitrogens with one attached hydrogen (secondary N) is 3. The fourth-order valence-electron chi connectivity index (χ4n) is 4.72. The molecule has 178 valence electrons. The normalized spacial score (nSPS) is 16.0. The van der Waals surface area contributed by atoms with Crippen LogP contribution >= 0.6 is 0 Å². The number of hydrogen-bond donors (Lipinski definition) is 3. The van der Waals surface area contributed by atoms with E-state index in [1.807, 2.05) is 51.1 Å². The SMILES string of the molecule is Cc1cc(C)c(S(=O)(=O)NC2CCN(c3cccc(Nc4ccc(F)cc4)c3C=N)C2)c(C)c1. The maximum absolute atomic E-state index is 13.2. The second-order valence-electron chi connectivity index (χ2n) is 8.80. The van der Waals surface area contributed by atoms with Gasteiger partial charge >= 0.3 is 0 Å². The Balaban J connectivity index is 1.53. The number of nitrogens with zero attached hydrogens (tertiary/aromatic N) is 1. The van der Waals surface area contributed by atoms with Gasteiger partial charge in [-0.2, -0.15) is 0 Å². The predicted molar refractivity (Wildman–Crippen MR) is 136 cm³/mol. The summed E-state index contributed by atoms with van der Waals surface area (Å²) in [5.41, 5.74) is 5.52. The summed E-state index contributed by atoms with van der Waals surface area (Å²) in [6.07, 6.45) is 1.95. The van der Waals surface area contributed by atoms with Crippen LogP contribution in [0.5, 0.6) is 0 Å². The highest BCUT2D eigenvalue weighted by Crippen LogP contribution is 2.31. The molecule has 0 aromatic heterocycles. The maximum Gasteiger partial charge on any atom is 0.241 e. The lowest BCUT2D eigenvalue weighted by Crippen LogP contribution is -2.37. The van der Waals surface area contributed by atoms with Crippen molar-refractivity contribution >= 4 is 33.3 Å². The van der Waals surface area contributed by atoms with Crippen LogP contribution in [-0.4, -0.2) is 33.8 Å². The van der Waals surface area contributed by atoms with Gasteiger partial charge in [0.1, 0.15) is 5.82 Å². The standard InChI is InChI=1S/C26H29FN4O2S/c1-17-13-18(2)26(19(3)14-17)34(32,33)30-22-11-12-31(16-22)25-6-4-5-24(23(25)15-28)29-21-9-7-20(27)8-10-21/h4-10,13-15,22,28-30H,11-12,16H2,1-3H3. The molecule has 0 bridgehead atoms. The minimum atomic E-state index is -3.66. The molecule has 3 aromatic rings. The van der Waals surface area contributed by atoms with Crippen molar-refractivity contribution in [3.05, 3.63) is 82.7 Å². The average molecular weight is 481 g/mol. The van der Waals surface area contributed by atoms with Crippen molar-refractivity contribution in [2.75, 3.05) is 23.3 Å². The van der Waals surface area contributed by atoms with Crippen LogP contribution in [0.4, 0.5) is 21.5 Å². The highest BCUT2D eigenvalue weighted by molar-refractivity contribution is 7.89. The minimum Gasteiger partial charge on any atom is -0.369 e. The number of aryl methyl sites for hydroxylation is 3. The molecule has 6 nitrogen and oxygen atoms in total. The molecule has 8 heteroatoms. The summed E-state index contributed by atoms with van der Waals surface area (Å²) >= 11 is 0. The van der Waals surface area contributed by atoms with Gasteiger partial charge in [-0.05, 0) is 74.7 Å². The maximum atomic E-state index is 13.2. The van der Waals surface area contributed by atoms with Crippen molar-refractivity contribution in [3.8, 4) is 0 Å². The van der Waals surface area contributed by atoms with E-state index >= 15 is 0 Å². The van der Waals surface area contributed by atoms with E-state index < -0.39 is 10.0 Å². The lowest BCUT2D eigenvalue weighted by Gasteiger charge is -2.23. The second kappa shape index (κ2) is 9.56. The molecule has 0 radical (unpaired) electrons. The molecule has 34 heavy (non-hydrogen) atoms. The lowest BCUT2D eigenvalue weighted by atomic mass is 10.1. The number of sulfonamides is 1. The number of anilines is 3. The van der Waals surface area contributed by atoms with Gasteiger partial charge in [-0.3, -0.25) is 0 Å². The molecule has 1 aliphatic rings. The van der Waals surface area contributed by atoms with Crippen molar-refractivity contribution < 1.29 is 12.8 Å². The van der Waals surface area contributed by atoms with Gasteiger partial charge in [-0.15, -0.1) is 0 Å². The van der Waals surface area contributed by atoms with E-state index in [2.05, 4.69) is 14.9 Å². The van der Waals surface area contributed by atoms with Gasteiger partial charge in [0.05, 0.1) is 4.90 Å². The van der Waals surface area contributed by atoms with Gasteiger partial charge in [0.15, 0.2) is 0 Å². The van der Waals surface area contributed by atoms with Gasteiger partial charge in [0.2, 0.25) is 10.0 Å². The van der Waals surface area contributed by atoms with Crippen molar-refractivity contribution in [2.45, 2.75) is 38.1 Å². The predicted octanol–water partition coefficient (Wildman–Crippen LogP) is 5.05. The highest BCUT2D eigenvalue weighted by atomic mass is 32.2. The summed E-state index contributed by atoms with van der Waals surface area (Å²) in [5, 5.41) is 11.2. The largest absolute Gasteiger partial charge is 0.369 e. The average Bonchev–Trinajstić information content (AvgIpc) is 3.21. The van der Waals surface area contributed by atoms with E-state index in [0.717, 1.165) is 33.8 Å². The fraction of sp³-hybridized carbons (Fsp3) is 0.269.